The molecule has 2 unspecified atom stereocenters. The van der Waals surface area contributed by atoms with Crippen molar-refractivity contribution >= 4 is 6.03 Å². The van der Waals surface area contributed by atoms with E-state index in [9.17, 15) is 4.79 Å². The fourth-order valence-corrected chi connectivity index (χ4v) is 2.31. The van der Waals surface area contributed by atoms with Crippen molar-refractivity contribution < 1.29 is 4.79 Å². The van der Waals surface area contributed by atoms with Crippen LogP contribution in [0.4, 0.5) is 4.79 Å². The van der Waals surface area contributed by atoms with Gasteiger partial charge >= 0.3 is 6.03 Å². The highest BCUT2D eigenvalue weighted by atomic mass is 16.2. The lowest BCUT2D eigenvalue weighted by Crippen LogP contribution is -2.45. The molecule has 1 saturated carbocycles. The van der Waals surface area contributed by atoms with E-state index < -0.39 is 0 Å². The summed E-state index contributed by atoms with van der Waals surface area (Å²) >= 11 is 0. The fraction of sp³-hybridized carbons (Fsp3) is 0.917. The first kappa shape index (κ1) is 12.3. The average molecular weight is 212 g/mol. The molecule has 1 fully saturated rings. The zero-order valence-electron chi connectivity index (χ0n) is 10.5. The molecule has 1 aliphatic rings. The van der Waals surface area contributed by atoms with E-state index in [1.807, 2.05) is 25.9 Å². The summed E-state index contributed by atoms with van der Waals surface area (Å²) in [6.07, 6.45) is 4.92. The molecule has 0 bridgehead atoms. The maximum Gasteiger partial charge on any atom is 0.319 e. The summed E-state index contributed by atoms with van der Waals surface area (Å²) in [5.74, 6) is 0.769. The van der Waals surface area contributed by atoms with Crippen molar-refractivity contribution in [3.8, 4) is 0 Å². The summed E-state index contributed by atoms with van der Waals surface area (Å²) in [5, 5.41) is 0. The highest BCUT2D eigenvalue weighted by molar-refractivity contribution is 5.74. The summed E-state index contributed by atoms with van der Waals surface area (Å²) in [5.41, 5.74) is 0. The molecule has 3 nitrogen and oxygen atoms in total. The van der Waals surface area contributed by atoms with Crippen LogP contribution < -0.4 is 0 Å². The highest BCUT2D eigenvalue weighted by Gasteiger charge is 2.26. The van der Waals surface area contributed by atoms with Gasteiger partial charge < -0.3 is 9.80 Å². The van der Waals surface area contributed by atoms with E-state index in [4.69, 9.17) is 0 Å². The Bertz CT molecular complexity index is 218. The highest BCUT2D eigenvalue weighted by Crippen LogP contribution is 2.26. The molecule has 88 valence electrons. The van der Waals surface area contributed by atoms with Crippen LogP contribution in [0.25, 0.3) is 0 Å². The van der Waals surface area contributed by atoms with Gasteiger partial charge in [0, 0.05) is 26.7 Å². The molecule has 2 atom stereocenters. The molecule has 0 heterocycles. The quantitative estimate of drug-likeness (QED) is 0.690. The van der Waals surface area contributed by atoms with Crippen molar-refractivity contribution in [2.24, 2.45) is 5.92 Å². The van der Waals surface area contributed by atoms with Gasteiger partial charge in [-0.05, 0) is 25.7 Å². The second kappa shape index (κ2) is 5.38. The Morgan fingerprint density at radius 2 is 2.00 bits per heavy atom. The number of rotatable bonds is 2. The standard InChI is InChI=1S/C12H24N2O/c1-5-13(3)12(15)14(4)11-8-6-7-10(2)9-11/h10-11H,5-9H2,1-4H3. The zero-order valence-corrected chi connectivity index (χ0v) is 10.5. The van der Waals surface area contributed by atoms with E-state index in [0.717, 1.165) is 12.5 Å². The zero-order chi connectivity index (χ0) is 11.4. The fourth-order valence-electron chi connectivity index (χ4n) is 2.31. The van der Waals surface area contributed by atoms with Crippen LogP contribution in [0.5, 0.6) is 0 Å². The van der Waals surface area contributed by atoms with E-state index >= 15 is 0 Å². The second-order valence-electron chi connectivity index (χ2n) is 4.83. The van der Waals surface area contributed by atoms with Gasteiger partial charge in [0.25, 0.3) is 0 Å². The SMILES string of the molecule is CCN(C)C(=O)N(C)C1CCCC(C)C1. The lowest BCUT2D eigenvalue weighted by molar-refractivity contribution is 0.135. The van der Waals surface area contributed by atoms with Crippen LogP contribution in [0.3, 0.4) is 0 Å². The molecule has 0 spiro atoms. The Morgan fingerprint density at radius 3 is 2.53 bits per heavy atom. The summed E-state index contributed by atoms with van der Waals surface area (Å²) in [6.45, 7) is 5.08. The molecule has 0 aromatic rings. The minimum Gasteiger partial charge on any atom is -0.328 e. The number of carbonyl (C=O) groups is 1. The van der Waals surface area contributed by atoms with Gasteiger partial charge in [-0.25, -0.2) is 4.79 Å². The topological polar surface area (TPSA) is 23.6 Å². The molecule has 0 saturated heterocycles. The Labute approximate surface area is 93.4 Å². The largest absolute Gasteiger partial charge is 0.328 e. The van der Waals surface area contributed by atoms with Crippen molar-refractivity contribution in [3.05, 3.63) is 0 Å². The second-order valence-corrected chi connectivity index (χ2v) is 4.83. The van der Waals surface area contributed by atoms with Gasteiger partial charge in [-0.15, -0.1) is 0 Å². The predicted octanol–water partition coefficient (Wildman–Crippen LogP) is 2.57. The number of amides is 2. The van der Waals surface area contributed by atoms with Crippen LogP contribution >= 0.6 is 0 Å². The van der Waals surface area contributed by atoms with Gasteiger partial charge in [-0.3, -0.25) is 0 Å². The Morgan fingerprint density at radius 1 is 1.33 bits per heavy atom. The third-order valence-electron chi connectivity index (χ3n) is 3.56. The molecule has 1 aliphatic carbocycles. The first-order valence-corrected chi connectivity index (χ1v) is 6.04. The number of hydrogen-bond donors (Lipinski definition) is 0. The van der Waals surface area contributed by atoms with Crippen LogP contribution in [0, 0.1) is 5.92 Å². The molecule has 15 heavy (non-hydrogen) atoms. The Hall–Kier alpha value is -0.730. The van der Waals surface area contributed by atoms with E-state index in [0.29, 0.717) is 6.04 Å². The van der Waals surface area contributed by atoms with Gasteiger partial charge in [0.2, 0.25) is 0 Å². The number of nitrogens with zero attached hydrogens (tertiary/aromatic N) is 2. The van der Waals surface area contributed by atoms with E-state index in [1.165, 1.54) is 25.7 Å². The van der Waals surface area contributed by atoms with Crippen molar-refractivity contribution in [2.75, 3.05) is 20.6 Å². The van der Waals surface area contributed by atoms with Crippen LogP contribution in [0.1, 0.15) is 39.5 Å². The van der Waals surface area contributed by atoms with Gasteiger partial charge in [-0.1, -0.05) is 19.8 Å². The maximum absolute atomic E-state index is 11.9. The third-order valence-corrected chi connectivity index (χ3v) is 3.56. The normalized spacial score (nSPS) is 26.1. The Kier molecular flexibility index (Phi) is 4.43. The van der Waals surface area contributed by atoms with Crippen molar-refractivity contribution in [2.45, 2.75) is 45.6 Å². The number of carbonyl (C=O) groups excluding carboxylic acids is 1. The first-order chi connectivity index (χ1) is 7.06. The summed E-state index contributed by atoms with van der Waals surface area (Å²) in [4.78, 5) is 15.6. The maximum atomic E-state index is 11.9. The van der Waals surface area contributed by atoms with Gasteiger partial charge in [0.05, 0.1) is 0 Å². The monoisotopic (exact) mass is 212 g/mol. The van der Waals surface area contributed by atoms with E-state index in [-0.39, 0.29) is 6.03 Å². The summed E-state index contributed by atoms with van der Waals surface area (Å²) < 4.78 is 0. The number of urea groups is 1. The predicted molar refractivity (Wildman–Crippen MR) is 62.9 cm³/mol. The van der Waals surface area contributed by atoms with E-state index in [1.54, 1.807) is 4.90 Å². The molecular formula is C12H24N2O. The molecular weight excluding hydrogens is 188 g/mol. The van der Waals surface area contributed by atoms with Crippen LogP contribution in [-0.4, -0.2) is 42.5 Å². The van der Waals surface area contributed by atoms with Crippen molar-refractivity contribution in [1.82, 2.24) is 9.80 Å². The Balaban J connectivity index is 2.51. The summed E-state index contributed by atoms with van der Waals surface area (Å²) in [6, 6.07) is 0.617. The third kappa shape index (κ3) is 3.11. The van der Waals surface area contributed by atoms with Crippen LogP contribution in [-0.2, 0) is 0 Å². The molecule has 0 aromatic carbocycles. The van der Waals surface area contributed by atoms with E-state index in [2.05, 4.69) is 6.92 Å². The first-order valence-electron chi connectivity index (χ1n) is 6.04. The molecule has 0 radical (unpaired) electrons. The average Bonchev–Trinajstić information content (AvgIpc) is 2.26. The van der Waals surface area contributed by atoms with Crippen LogP contribution in [0.2, 0.25) is 0 Å². The molecule has 0 aromatic heterocycles. The smallest absolute Gasteiger partial charge is 0.319 e. The molecule has 0 aliphatic heterocycles. The summed E-state index contributed by atoms with van der Waals surface area (Å²) in [7, 11) is 3.81. The minimum absolute atomic E-state index is 0.164. The van der Waals surface area contributed by atoms with Crippen molar-refractivity contribution in [3.63, 3.8) is 0 Å². The number of hydrogen-bond acceptors (Lipinski definition) is 1. The lowest BCUT2D eigenvalue weighted by Gasteiger charge is -2.36. The molecule has 0 N–H and O–H groups in total. The van der Waals surface area contributed by atoms with Gasteiger partial charge in [0.15, 0.2) is 0 Å². The molecule has 2 amide bonds. The van der Waals surface area contributed by atoms with Crippen LogP contribution in [0.15, 0.2) is 0 Å². The van der Waals surface area contributed by atoms with Crippen molar-refractivity contribution in [1.29, 1.82) is 0 Å². The van der Waals surface area contributed by atoms with Gasteiger partial charge in [0.1, 0.15) is 0 Å². The molecule has 3 heteroatoms. The minimum atomic E-state index is 0.164. The lowest BCUT2D eigenvalue weighted by atomic mass is 9.86. The molecule has 1 rings (SSSR count). The van der Waals surface area contributed by atoms with Gasteiger partial charge in [-0.2, -0.15) is 0 Å².